The zero-order chi connectivity index (χ0) is 12.8. The first-order chi connectivity index (χ1) is 7.78. The number of benzene rings is 1. The van der Waals surface area contributed by atoms with E-state index in [2.05, 4.69) is 59.4 Å². The van der Waals surface area contributed by atoms with E-state index in [1.54, 1.807) is 11.1 Å². The van der Waals surface area contributed by atoms with Crippen molar-refractivity contribution in [1.29, 1.82) is 0 Å². The Bertz CT molecular complexity index is 441. The highest BCUT2D eigenvalue weighted by Crippen LogP contribution is 2.46. The number of hydrogen-bond donors (Lipinski definition) is 1. The lowest BCUT2D eigenvalue weighted by Crippen LogP contribution is -2.34. The van der Waals surface area contributed by atoms with Crippen LogP contribution in [-0.2, 0) is 16.6 Å². The molecule has 0 aliphatic heterocycles. The van der Waals surface area contributed by atoms with Gasteiger partial charge in [0.15, 0.2) is 0 Å². The van der Waals surface area contributed by atoms with Crippen LogP contribution >= 0.6 is 12.6 Å². The Labute approximate surface area is 111 Å². The SMILES string of the molecule is Cc1cc2c(cc1CS)C(C)(C)CCC2(C)C. The Hall–Kier alpha value is -0.430. The molecule has 0 bridgehead atoms. The van der Waals surface area contributed by atoms with E-state index < -0.39 is 0 Å². The monoisotopic (exact) mass is 248 g/mol. The van der Waals surface area contributed by atoms with Gasteiger partial charge in [0.1, 0.15) is 0 Å². The number of hydrogen-bond acceptors (Lipinski definition) is 1. The summed E-state index contributed by atoms with van der Waals surface area (Å²) < 4.78 is 0. The molecular weight excluding hydrogens is 224 g/mol. The molecule has 1 aliphatic rings. The number of thiol groups is 1. The molecule has 0 nitrogen and oxygen atoms in total. The normalized spacial score (nSPS) is 21.1. The average Bonchev–Trinajstić information content (AvgIpc) is 2.24. The largest absolute Gasteiger partial charge is 0.175 e. The Morgan fingerprint density at radius 1 is 1.00 bits per heavy atom. The molecule has 1 aromatic carbocycles. The summed E-state index contributed by atoms with van der Waals surface area (Å²) in [7, 11) is 0. The lowest BCUT2D eigenvalue weighted by Gasteiger charge is -2.42. The van der Waals surface area contributed by atoms with Crippen LogP contribution in [-0.4, -0.2) is 0 Å². The summed E-state index contributed by atoms with van der Waals surface area (Å²) in [5.41, 5.74) is 6.52. The van der Waals surface area contributed by atoms with E-state index in [0.717, 1.165) is 5.75 Å². The summed E-state index contributed by atoms with van der Waals surface area (Å²) in [6.45, 7) is 11.7. The molecule has 1 aliphatic carbocycles. The van der Waals surface area contributed by atoms with Gasteiger partial charge in [-0.15, -0.1) is 0 Å². The Morgan fingerprint density at radius 3 is 1.94 bits per heavy atom. The summed E-state index contributed by atoms with van der Waals surface area (Å²) in [5, 5.41) is 0. The summed E-state index contributed by atoms with van der Waals surface area (Å²) in [4.78, 5) is 0. The molecule has 0 fully saturated rings. The van der Waals surface area contributed by atoms with Crippen LogP contribution < -0.4 is 0 Å². The van der Waals surface area contributed by atoms with Gasteiger partial charge in [-0.05, 0) is 52.8 Å². The van der Waals surface area contributed by atoms with Gasteiger partial charge in [0, 0.05) is 5.75 Å². The molecule has 0 radical (unpaired) electrons. The van der Waals surface area contributed by atoms with Crippen LogP contribution in [0.4, 0.5) is 0 Å². The highest BCUT2D eigenvalue weighted by Gasteiger charge is 2.37. The van der Waals surface area contributed by atoms with Crippen LogP contribution in [0, 0.1) is 6.92 Å². The van der Waals surface area contributed by atoms with Crippen LogP contribution in [0.1, 0.15) is 62.8 Å². The second kappa shape index (κ2) is 4.05. The standard InChI is InChI=1S/C16H24S/c1-11-8-13-14(9-12(11)10-17)16(4,5)7-6-15(13,2)3/h8-9,17H,6-7,10H2,1-5H3. The first-order valence-corrected chi connectivity index (χ1v) is 7.16. The highest BCUT2D eigenvalue weighted by atomic mass is 32.1. The molecule has 2 rings (SSSR count). The maximum absolute atomic E-state index is 4.45. The second-order valence-electron chi connectivity index (χ2n) is 6.75. The lowest BCUT2D eigenvalue weighted by molar-refractivity contribution is 0.331. The van der Waals surface area contributed by atoms with Crippen molar-refractivity contribution in [2.45, 2.75) is 64.0 Å². The number of aryl methyl sites for hydroxylation is 1. The summed E-state index contributed by atoms with van der Waals surface area (Å²) >= 11 is 4.45. The fourth-order valence-electron chi connectivity index (χ4n) is 2.94. The fourth-order valence-corrected chi connectivity index (χ4v) is 3.28. The van der Waals surface area contributed by atoms with Gasteiger partial charge in [-0.25, -0.2) is 0 Å². The predicted molar refractivity (Wildman–Crippen MR) is 79.2 cm³/mol. The molecule has 0 N–H and O–H groups in total. The molecule has 0 amide bonds. The van der Waals surface area contributed by atoms with Crippen molar-refractivity contribution in [2.24, 2.45) is 0 Å². The van der Waals surface area contributed by atoms with Crippen molar-refractivity contribution < 1.29 is 0 Å². The van der Waals surface area contributed by atoms with Gasteiger partial charge in [-0.3, -0.25) is 0 Å². The third-order valence-corrected chi connectivity index (χ3v) is 4.82. The predicted octanol–water partition coefficient (Wildman–Crippen LogP) is 4.77. The van der Waals surface area contributed by atoms with Crippen LogP contribution in [0.3, 0.4) is 0 Å². The van der Waals surface area contributed by atoms with E-state index in [1.165, 1.54) is 24.0 Å². The molecular formula is C16H24S. The molecule has 0 saturated heterocycles. The smallest absolute Gasteiger partial charge is 0.0157 e. The van der Waals surface area contributed by atoms with Gasteiger partial charge in [-0.1, -0.05) is 39.8 Å². The van der Waals surface area contributed by atoms with Crippen molar-refractivity contribution in [1.82, 2.24) is 0 Å². The maximum atomic E-state index is 4.45. The van der Waals surface area contributed by atoms with E-state index in [1.807, 2.05) is 0 Å². The van der Waals surface area contributed by atoms with E-state index in [9.17, 15) is 0 Å². The van der Waals surface area contributed by atoms with Gasteiger partial charge in [0.2, 0.25) is 0 Å². The van der Waals surface area contributed by atoms with Crippen molar-refractivity contribution >= 4 is 12.6 Å². The fraction of sp³-hybridized carbons (Fsp3) is 0.625. The lowest BCUT2D eigenvalue weighted by atomic mass is 9.62. The Kier molecular flexibility index (Phi) is 3.10. The molecule has 0 atom stereocenters. The minimum atomic E-state index is 0.316. The van der Waals surface area contributed by atoms with Gasteiger partial charge in [0.05, 0.1) is 0 Å². The summed E-state index contributed by atoms with van der Waals surface area (Å²) in [5.74, 6) is 0.843. The molecule has 0 unspecified atom stereocenters. The first-order valence-electron chi connectivity index (χ1n) is 6.53. The molecule has 0 aromatic heterocycles. The van der Waals surface area contributed by atoms with Gasteiger partial charge in [0.25, 0.3) is 0 Å². The van der Waals surface area contributed by atoms with Crippen molar-refractivity contribution in [3.05, 3.63) is 34.4 Å². The van der Waals surface area contributed by atoms with Gasteiger partial charge < -0.3 is 0 Å². The third-order valence-electron chi connectivity index (χ3n) is 4.48. The van der Waals surface area contributed by atoms with Crippen molar-refractivity contribution in [3.8, 4) is 0 Å². The third kappa shape index (κ3) is 2.14. The Morgan fingerprint density at radius 2 is 1.47 bits per heavy atom. The zero-order valence-corrected chi connectivity index (χ0v) is 12.6. The summed E-state index contributed by atoms with van der Waals surface area (Å²) in [6, 6.07) is 4.81. The maximum Gasteiger partial charge on any atom is 0.0157 e. The molecule has 1 heteroatoms. The van der Waals surface area contributed by atoms with Gasteiger partial charge >= 0.3 is 0 Å². The molecule has 0 saturated carbocycles. The van der Waals surface area contributed by atoms with Crippen LogP contribution in [0.5, 0.6) is 0 Å². The first kappa shape index (κ1) is 13.0. The van der Waals surface area contributed by atoms with Crippen LogP contribution in [0.15, 0.2) is 12.1 Å². The summed E-state index contributed by atoms with van der Waals surface area (Å²) in [6.07, 6.45) is 2.56. The number of fused-ring (bicyclic) bond motifs is 1. The van der Waals surface area contributed by atoms with Crippen molar-refractivity contribution in [3.63, 3.8) is 0 Å². The number of rotatable bonds is 1. The average molecular weight is 248 g/mol. The quantitative estimate of drug-likeness (QED) is 0.680. The topological polar surface area (TPSA) is 0 Å². The minimum Gasteiger partial charge on any atom is -0.175 e. The molecule has 1 aromatic rings. The molecule has 94 valence electrons. The van der Waals surface area contributed by atoms with E-state index >= 15 is 0 Å². The van der Waals surface area contributed by atoms with E-state index in [0.29, 0.717) is 10.8 Å². The Balaban J connectivity index is 2.68. The molecule has 0 heterocycles. The van der Waals surface area contributed by atoms with Crippen LogP contribution in [0.25, 0.3) is 0 Å². The highest BCUT2D eigenvalue weighted by molar-refractivity contribution is 7.79. The van der Waals surface area contributed by atoms with Crippen LogP contribution in [0.2, 0.25) is 0 Å². The van der Waals surface area contributed by atoms with E-state index in [-0.39, 0.29) is 0 Å². The van der Waals surface area contributed by atoms with Gasteiger partial charge in [-0.2, -0.15) is 12.6 Å². The second-order valence-corrected chi connectivity index (χ2v) is 7.07. The molecule has 0 spiro atoms. The zero-order valence-electron chi connectivity index (χ0n) is 11.7. The molecule has 17 heavy (non-hydrogen) atoms. The minimum absolute atomic E-state index is 0.316. The van der Waals surface area contributed by atoms with Crippen molar-refractivity contribution in [2.75, 3.05) is 0 Å². The van der Waals surface area contributed by atoms with E-state index in [4.69, 9.17) is 0 Å².